The Balaban J connectivity index is 2.89. The number of benzene rings is 1. The molecule has 1 aromatic heterocycles. The fourth-order valence-electron chi connectivity index (χ4n) is 1.11. The van der Waals surface area contributed by atoms with Gasteiger partial charge in [-0.1, -0.05) is 39.1 Å². The number of hydrogen-bond donors (Lipinski definition) is 0. The van der Waals surface area contributed by atoms with Crippen molar-refractivity contribution in [2.45, 2.75) is 0 Å². The van der Waals surface area contributed by atoms with Crippen LogP contribution in [0.2, 0.25) is 10.0 Å². The molecular formula is C9H4BrCl2N. The van der Waals surface area contributed by atoms with E-state index in [4.69, 9.17) is 23.2 Å². The Morgan fingerprint density at radius 3 is 2.62 bits per heavy atom. The van der Waals surface area contributed by atoms with Crippen molar-refractivity contribution in [3.05, 3.63) is 38.9 Å². The molecule has 0 saturated heterocycles. The molecule has 1 nitrogen and oxygen atoms in total. The molecule has 0 saturated carbocycles. The Hall–Kier alpha value is -0.310. The van der Waals surface area contributed by atoms with Crippen molar-refractivity contribution >= 4 is 50.0 Å². The molecule has 0 aliphatic rings. The maximum atomic E-state index is 5.88. The van der Waals surface area contributed by atoms with Gasteiger partial charge in [-0.3, -0.25) is 4.98 Å². The Morgan fingerprint density at radius 2 is 1.85 bits per heavy atom. The molecule has 0 aliphatic heterocycles. The first-order chi connectivity index (χ1) is 6.18. The van der Waals surface area contributed by atoms with E-state index >= 15 is 0 Å². The van der Waals surface area contributed by atoms with Crippen LogP contribution < -0.4 is 0 Å². The summed E-state index contributed by atoms with van der Waals surface area (Å²) in [6, 6.07) is 5.42. The van der Waals surface area contributed by atoms with Gasteiger partial charge < -0.3 is 0 Å². The van der Waals surface area contributed by atoms with Gasteiger partial charge in [0.1, 0.15) is 0 Å². The lowest BCUT2D eigenvalue weighted by Gasteiger charge is -2.01. The SMILES string of the molecule is Clc1cc2nccc(Br)c2cc1Cl. The van der Waals surface area contributed by atoms with Crippen molar-refractivity contribution in [2.24, 2.45) is 0 Å². The molecular weight excluding hydrogens is 273 g/mol. The lowest BCUT2D eigenvalue weighted by molar-refractivity contribution is 1.40. The average Bonchev–Trinajstić information content (AvgIpc) is 2.09. The molecule has 0 radical (unpaired) electrons. The van der Waals surface area contributed by atoms with Crippen LogP contribution in [0.15, 0.2) is 28.9 Å². The van der Waals surface area contributed by atoms with E-state index in [0.717, 1.165) is 15.4 Å². The van der Waals surface area contributed by atoms with Crippen LogP contribution in [0.25, 0.3) is 10.9 Å². The van der Waals surface area contributed by atoms with E-state index < -0.39 is 0 Å². The summed E-state index contributed by atoms with van der Waals surface area (Å²) in [5.41, 5.74) is 0.837. The van der Waals surface area contributed by atoms with Crippen molar-refractivity contribution in [1.82, 2.24) is 4.98 Å². The average molecular weight is 277 g/mol. The zero-order valence-electron chi connectivity index (χ0n) is 6.39. The van der Waals surface area contributed by atoms with Crippen LogP contribution in [0.3, 0.4) is 0 Å². The second kappa shape index (κ2) is 3.45. The minimum absolute atomic E-state index is 0.528. The summed E-state index contributed by atoms with van der Waals surface area (Å²) in [6.07, 6.45) is 1.72. The summed E-state index contributed by atoms with van der Waals surface area (Å²) in [5.74, 6) is 0. The zero-order valence-corrected chi connectivity index (χ0v) is 9.49. The van der Waals surface area contributed by atoms with E-state index in [9.17, 15) is 0 Å². The third-order valence-electron chi connectivity index (χ3n) is 1.73. The number of rotatable bonds is 0. The summed E-state index contributed by atoms with van der Waals surface area (Å²) in [7, 11) is 0. The molecule has 2 rings (SSSR count). The first-order valence-electron chi connectivity index (χ1n) is 3.58. The molecule has 0 amide bonds. The molecule has 1 heterocycles. The minimum atomic E-state index is 0.528. The van der Waals surface area contributed by atoms with Crippen LogP contribution in [0.1, 0.15) is 0 Å². The van der Waals surface area contributed by atoms with Crippen molar-refractivity contribution in [2.75, 3.05) is 0 Å². The summed E-state index contributed by atoms with van der Waals surface area (Å²) in [4.78, 5) is 4.17. The fraction of sp³-hybridized carbons (Fsp3) is 0. The van der Waals surface area contributed by atoms with Gasteiger partial charge in [0.2, 0.25) is 0 Å². The maximum Gasteiger partial charge on any atom is 0.0729 e. The Labute approximate surface area is 93.8 Å². The van der Waals surface area contributed by atoms with Crippen molar-refractivity contribution < 1.29 is 0 Å². The van der Waals surface area contributed by atoms with Gasteiger partial charge in [-0.15, -0.1) is 0 Å². The van der Waals surface area contributed by atoms with Gasteiger partial charge in [0.25, 0.3) is 0 Å². The predicted octanol–water partition coefficient (Wildman–Crippen LogP) is 4.30. The summed E-state index contributed by atoms with van der Waals surface area (Å²) >= 11 is 15.1. The summed E-state index contributed by atoms with van der Waals surface area (Å²) in [5, 5.41) is 2.04. The largest absolute Gasteiger partial charge is 0.256 e. The van der Waals surface area contributed by atoms with E-state index in [2.05, 4.69) is 20.9 Å². The van der Waals surface area contributed by atoms with Crippen LogP contribution in [0, 0.1) is 0 Å². The molecule has 0 N–H and O–H groups in total. The third kappa shape index (κ3) is 1.66. The van der Waals surface area contributed by atoms with Crippen LogP contribution in [-0.2, 0) is 0 Å². The molecule has 0 unspecified atom stereocenters. The van der Waals surface area contributed by atoms with Crippen molar-refractivity contribution in [3.63, 3.8) is 0 Å². The molecule has 4 heteroatoms. The normalized spacial score (nSPS) is 10.7. The van der Waals surface area contributed by atoms with Crippen LogP contribution in [0.4, 0.5) is 0 Å². The van der Waals surface area contributed by atoms with Gasteiger partial charge in [0.05, 0.1) is 15.6 Å². The molecule has 66 valence electrons. The van der Waals surface area contributed by atoms with E-state index in [1.807, 2.05) is 6.07 Å². The van der Waals surface area contributed by atoms with Crippen LogP contribution in [0.5, 0.6) is 0 Å². The first-order valence-corrected chi connectivity index (χ1v) is 5.12. The first kappa shape index (κ1) is 9.25. The fourth-order valence-corrected chi connectivity index (χ4v) is 1.86. The Morgan fingerprint density at radius 1 is 1.15 bits per heavy atom. The molecule has 0 aliphatic carbocycles. The van der Waals surface area contributed by atoms with Crippen molar-refractivity contribution in [3.8, 4) is 0 Å². The van der Waals surface area contributed by atoms with Gasteiger partial charge >= 0.3 is 0 Å². The van der Waals surface area contributed by atoms with Crippen LogP contribution in [-0.4, -0.2) is 4.98 Å². The highest BCUT2D eigenvalue weighted by molar-refractivity contribution is 9.10. The number of hydrogen-bond acceptors (Lipinski definition) is 1. The molecule has 0 fully saturated rings. The second-order valence-corrected chi connectivity index (χ2v) is 4.24. The predicted molar refractivity (Wildman–Crippen MR) is 59.5 cm³/mol. The lowest BCUT2D eigenvalue weighted by Crippen LogP contribution is -1.80. The number of halogens is 3. The van der Waals surface area contributed by atoms with Gasteiger partial charge in [0.15, 0.2) is 0 Å². The molecule has 0 bridgehead atoms. The number of pyridine rings is 1. The number of aromatic nitrogens is 1. The molecule has 13 heavy (non-hydrogen) atoms. The molecule has 0 spiro atoms. The molecule has 0 atom stereocenters. The Bertz CT molecular complexity index is 470. The second-order valence-electron chi connectivity index (χ2n) is 2.58. The summed E-state index contributed by atoms with van der Waals surface area (Å²) < 4.78 is 0.969. The smallest absolute Gasteiger partial charge is 0.0729 e. The highest BCUT2D eigenvalue weighted by Gasteiger charge is 2.03. The quantitative estimate of drug-likeness (QED) is 0.699. The molecule has 2 aromatic rings. The van der Waals surface area contributed by atoms with Gasteiger partial charge in [0, 0.05) is 16.1 Å². The highest BCUT2D eigenvalue weighted by Crippen LogP contribution is 2.30. The zero-order chi connectivity index (χ0) is 9.42. The third-order valence-corrected chi connectivity index (χ3v) is 3.14. The van der Waals surface area contributed by atoms with Crippen LogP contribution >= 0.6 is 39.1 Å². The van der Waals surface area contributed by atoms with Gasteiger partial charge in [-0.25, -0.2) is 0 Å². The highest BCUT2D eigenvalue weighted by atomic mass is 79.9. The Kier molecular flexibility index (Phi) is 2.45. The number of nitrogens with zero attached hydrogens (tertiary/aromatic N) is 1. The standard InChI is InChI=1S/C9H4BrCl2N/c10-6-1-2-13-9-4-8(12)7(11)3-5(6)9/h1-4H. The minimum Gasteiger partial charge on any atom is -0.256 e. The van der Waals surface area contributed by atoms with Gasteiger partial charge in [-0.05, 0) is 18.2 Å². The van der Waals surface area contributed by atoms with E-state index in [-0.39, 0.29) is 0 Å². The van der Waals surface area contributed by atoms with E-state index in [1.165, 1.54) is 0 Å². The topological polar surface area (TPSA) is 12.9 Å². The monoisotopic (exact) mass is 275 g/mol. The van der Waals surface area contributed by atoms with E-state index in [0.29, 0.717) is 10.0 Å². The maximum absolute atomic E-state index is 5.88. The van der Waals surface area contributed by atoms with E-state index in [1.54, 1.807) is 18.3 Å². The van der Waals surface area contributed by atoms with Crippen molar-refractivity contribution in [1.29, 1.82) is 0 Å². The lowest BCUT2D eigenvalue weighted by atomic mass is 10.2. The number of fused-ring (bicyclic) bond motifs is 1. The van der Waals surface area contributed by atoms with Gasteiger partial charge in [-0.2, -0.15) is 0 Å². The molecule has 1 aromatic carbocycles. The summed E-state index contributed by atoms with van der Waals surface area (Å²) in [6.45, 7) is 0.